The quantitative estimate of drug-likeness (QED) is 0.546. The number of benzene rings is 1. The maximum absolute atomic E-state index is 13.3. The van der Waals surface area contributed by atoms with Gasteiger partial charge in [-0.2, -0.15) is 0 Å². The second-order valence-electron chi connectivity index (χ2n) is 4.72. The van der Waals surface area contributed by atoms with Crippen LogP contribution in [0.15, 0.2) is 24.3 Å². The normalized spacial score (nSPS) is 11.8. The van der Waals surface area contributed by atoms with Crippen molar-refractivity contribution in [1.29, 1.82) is 0 Å². The highest BCUT2D eigenvalue weighted by Gasteiger charge is 2.17. The molecular weight excluding hydrogens is 275 g/mol. The van der Waals surface area contributed by atoms with Crippen molar-refractivity contribution < 1.29 is 23.5 Å². The second kappa shape index (κ2) is 9.10. The Labute approximate surface area is 124 Å². The third kappa shape index (κ3) is 6.38. The highest BCUT2D eigenvalue weighted by Crippen LogP contribution is 2.09. The summed E-state index contributed by atoms with van der Waals surface area (Å²) in [5.74, 6) is -1.22. The Morgan fingerprint density at radius 3 is 2.43 bits per heavy atom. The molecule has 4 nitrogen and oxygen atoms in total. The zero-order valence-electron chi connectivity index (χ0n) is 12.4. The number of aryl methyl sites for hydroxylation is 1. The van der Waals surface area contributed by atoms with Crippen molar-refractivity contribution >= 4 is 11.9 Å². The zero-order valence-corrected chi connectivity index (χ0v) is 12.4. The topological polar surface area (TPSA) is 52.6 Å². The molecule has 0 fully saturated rings. The van der Waals surface area contributed by atoms with Gasteiger partial charge in [-0.25, -0.2) is 14.0 Å². The van der Waals surface area contributed by atoms with Gasteiger partial charge in [-0.3, -0.25) is 0 Å². The van der Waals surface area contributed by atoms with E-state index in [0.29, 0.717) is 18.4 Å². The second-order valence-corrected chi connectivity index (χ2v) is 4.72. The van der Waals surface area contributed by atoms with Gasteiger partial charge in [0.2, 0.25) is 0 Å². The van der Waals surface area contributed by atoms with Crippen LogP contribution in [0.3, 0.4) is 0 Å². The molecule has 1 aromatic rings. The van der Waals surface area contributed by atoms with Crippen LogP contribution in [0.2, 0.25) is 0 Å². The zero-order chi connectivity index (χ0) is 15.7. The Kier molecular flexibility index (Phi) is 7.43. The molecule has 1 atom stereocenters. The molecule has 0 aliphatic heterocycles. The van der Waals surface area contributed by atoms with E-state index in [1.165, 1.54) is 0 Å². The average Bonchev–Trinajstić information content (AvgIpc) is 2.47. The molecule has 0 saturated heterocycles. The van der Waals surface area contributed by atoms with Crippen LogP contribution < -0.4 is 0 Å². The summed E-state index contributed by atoms with van der Waals surface area (Å²) in [6.45, 7) is 3.96. The number of esters is 2. The van der Waals surface area contributed by atoms with Crippen molar-refractivity contribution in [2.24, 2.45) is 0 Å². The first-order valence-corrected chi connectivity index (χ1v) is 7.09. The number of unbranched alkanes of at least 4 members (excludes halogenated alkanes) is 1. The van der Waals surface area contributed by atoms with Gasteiger partial charge < -0.3 is 9.47 Å². The standard InChI is InChI=1S/C16H21FO4/c1-3-20-16(19)14(17)6-4-5-11-21-15(18)13-9-7-12(2)8-10-13/h7-10,14H,3-6,11H2,1-2H3. The first-order valence-electron chi connectivity index (χ1n) is 7.09. The molecule has 116 valence electrons. The van der Waals surface area contributed by atoms with E-state index in [4.69, 9.17) is 4.74 Å². The van der Waals surface area contributed by atoms with Crippen molar-refractivity contribution in [3.8, 4) is 0 Å². The largest absolute Gasteiger partial charge is 0.464 e. The van der Waals surface area contributed by atoms with Gasteiger partial charge in [0.05, 0.1) is 18.8 Å². The van der Waals surface area contributed by atoms with Gasteiger partial charge in [0.1, 0.15) is 0 Å². The fourth-order valence-electron chi connectivity index (χ4n) is 1.71. The van der Waals surface area contributed by atoms with Crippen molar-refractivity contribution in [3.05, 3.63) is 35.4 Å². The highest BCUT2D eigenvalue weighted by atomic mass is 19.1. The summed E-state index contributed by atoms with van der Waals surface area (Å²) in [7, 11) is 0. The molecule has 0 aliphatic carbocycles. The van der Waals surface area contributed by atoms with Crippen molar-refractivity contribution in [2.75, 3.05) is 13.2 Å². The third-order valence-electron chi connectivity index (χ3n) is 2.91. The van der Waals surface area contributed by atoms with Crippen LogP contribution in [0.25, 0.3) is 0 Å². The first-order chi connectivity index (χ1) is 10.0. The van der Waals surface area contributed by atoms with Gasteiger partial charge in [0.25, 0.3) is 0 Å². The van der Waals surface area contributed by atoms with Crippen molar-refractivity contribution in [3.63, 3.8) is 0 Å². The van der Waals surface area contributed by atoms with Gasteiger partial charge in [-0.05, 0) is 45.2 Å². The number of halogens is 1. The number of alkyl halides is 1. The van der Waals surface area contributed by atoms with Crippen molar-refractivity contribution in [1.82, 2.24) is 0 Å². The molecule has 1 rings (SSSR count). The summed E-state index contributed by atoms with van der Waals surface area (Å²) in [6.07, 6.45) is -0.544. The fraction of sp³-hybridized carbons (Fsp3) is 0.500. The van der Waals surface area contributed by atoms with Gasteiger partial charge in [0.15, 0.2) is 6.17 Å². The monoisotopic (exact) mass is 296 g/mol. The molecule has 5 heteroatoms. The summed E-state index contributed by atoms with van der Waals surface area (Å²) < 4.78 is 22.9. The minimum atomic E-state index is -1.60. The molecule has 0 aromatic heterocycles. The molecule has 1 aromatic carbocycles. The van der Waals surface area contributed by atoms with Gasteiger partial charge in [0, 0.05) is 0 Å². The number of carbonyl (C=O) groups is 2. The summed E-state index contributed by atoms with van der Waals surface area (Å²) in [5.41, 5.74) is 1.56. The first kappa shape index (κ1) is 17.1. The smallest absolute Gasteiger partial charge is 0.340 e. The van der Waals surface area contributed by atoms with E-state index in [9.17, 15) is 14.0 Å². The maximum Gasteiger partial charge on any atom is 0.340 e. The SMILES string of the molecule is CCOC(=O)C(F)CCCCOC(=O)c1ccc(C)cc1. The van der Waals surface area contributed by atoms with Crippen molar-refractivity contribution in [2.45, 2.75) is 39.3 Å². The summed E-state index contributed by atoms with van der Waals surface area (Å²) in [5, 5.41) is 0. The van der Waals surface area contributed by atoms with E-state index < -0.39 is 18.1 Å². The predicted octanol–water partition coefficient (Wildman–Crippen LogP) is 3.22. The van der Waals surface area contributed by atoms with E-state index in [1.54, 1.807) is 19.1 Å². The lowest BCUT2D eigenvalue weighted by Crippen LogP contribution is -2.19. The van der Waals surface area contributed by atoms with E-state index in [0.717, 1.165) is 5.56 Å². The molecule has 0 radical (unpaired) electrons. The lowest BCUT2D eigenvalue weighted by atomic mass is 10.1. The fourth-order valence-corrected chi connectivity index (χ4v) is 1.71. The molecule has 0 saturated carbocycles. The van der Waals surface area contributed by atoms with Crippen LogP contribution in [0.5, 0.6) is 0 Å². The number of hydrogen-bond acceptors (Lipinski definition) is 4. The molecule has 0 aliphatic rings. The molecule has 21 heavy (non-hydrogen) atoms. The Morgan fingerprint density at radius 1 is 1.14 bits per heavy atom. The molecule has 0 amide bonds. The molecular formula is C16H21FO4. The average molecular weight is 296 g/mol. The molecule has 0 bridgehead atoms. The van der Waals surface area contributed by atoms with Crippen LogP contribution in [-0.4, -0.2) is 31.3 Å². The highest BCUT2D eigenvalue weighted by molar-refractivity contribution is 5.89. The number of carbonyl (C=O) groups excluding carboxylic acids is 2. The maximum atomic E-state index is 13.3. The van der Waals surface area contributed by atoms with Crippen LogP contribution in [0.1, 0.15) is 42.1 Å². The van der Waals surface area contributed by atoms with E-state index in [2.05, 4.69) is 4.74 Å². The van der Waals surface area contributed by atoms with Gasteiger partial charge >= 0.3 is 11.9 Å². The minimum absolute atomic E-state index is 0.0842. The van der Waals surface area contributed by atoms with E-state index >= 15 is 0 Å². The van der Waals surface area contributed by atoms with E-state index in [-0.39, 0.29) is 19.6 Å². The summed E-state index contributed by atoms with van der Waals surface area (Å²) >= 11 is 0. The molecule has 0 spiro atoms. The Bertz CT molecular complexity index is 456. The lowest BCUT2D eigenvalue weighted by molar-refractivity contribution is -0.149. The Hall–Kier alpha value is -1.91. The number of ether oxygens (including phenoxy) is 2. The Morgan fingerprint density at radius 2 is 1.81 bits per heavy atom. The van der Waals surface area contributed by atoms with Gasteiger partial charge in [-0.1, -0.05) is 17.7 Å². The molecule has 0 heterocycles. The van der Waals surface area contributed by atoms with Crippen LogP contribution in [-0.2, 0) is 14.3 Å². The number of hydrogen-bond donors (Lipinski definition) is 0. The third-order valence-corrected chi connectivity index (χ3v) is 2.91. The summed E-state index contributed by atoms with van der Waals surface area (Å²) in [4.78, 5) is 22.7. The number of rotatable bonds is 8. The van der Waals surface area contributed by atoms with Crippen LogP contribution >= 0.6 is 0 Å². The van der Waals surface area contributed by atoms with Crippen LogP contribution in [0.4, 0.5) is 4.39 Å². The molecule has 0 N–H and O–H groups in total. The predicted molar refractivity (Wildman–Crippen MR) is 76.8 cm³/mol. The Balaban J connectivity index is 2.18. The minimum Gasteiger partial charge on any atom is -0.464 e. The van der Waals surface area contributed by atoms with Gasteiger partial charge in [-0.15, -0.1) is 0 Å². The van der Waals surface area contributed by atoms with E-state index in [1.807, 2.05) is 19.1 Å². The van der Waals surface area contributed by atoms with Crippen LogP contribution in [0, 0.1) is 6.92 Å². The lowest BCUT2D eigenvalue weighted by Gasteiger charge is -2.08. The summed E-state index contributed by atoms with van der Waals surface area (Å²) in [6, 6.07) is 7.08. The molecule has 1 unspecified atom stereocenters.